The zero-order chi connectivity index (χ0) is 18.1. The van der Waals surface area contributed by atoms with Crippen molar-refractivity contribution in [3.8, 4) is 11.3 Å². The Morgan fingerprint density at radius 2 is 2.12 bits per heavy atom. The minimum absolute atomic E-state index is 0.0423. The molecule has 0 bridgehead atoms. The minimum Gasteiger partial charge on any atom is -0.297 e. The van der Waals surface area contributed by atoms with E-state index in [0.29, 0.717) is 11.0 Å². The summed E-state index contributed by atoms with van der Waals surface area (Å²) in [4.78, 5) is 19.4. The summed E-state index contributed by atoms with van der Waals surface area (Å²) in [7, 11) is 0. The quantitative estimate of drug-likeness (QED) is 0.618. The summed E-state index contributed by atoms with van der Waals surface area (Å²) in [5, 5.41) is 5.62. The molecule has 1 aromatic carbocycles. The molecule has 0 radical (unpaired) electrons. The fourth-order valence-electron chi connectivity index (χ4n) is 3.35. The van der Waals surface area contributed by atoms with Crippen LogP contribution in [0.15, 0.2) is 35.7 Å². The molecular formula is C21H22N2OS2. The number of thiophene rings is 1. The van der Waals surface area contributed by atoms with E-state index in [1.165, 1.54) is 33.8 Å². The highest BCUT2D eigenvalue weighted by Crippen LogP contribution is 2.33. The third-order valence-electron chi connectivity index (χ3n) is 4.94. The summed E-state index contributed by atoms with van der Waals surface area (Å²) < 4.78 is 0. The van der Waals surface area contributed by atoms with Crippen LogP contribution in [0.4, 0.5) is 5.13 Å². The van der Waals surface area contributed by atoms with Gasteiger partial charge in [0.15, 0.2) is 5.13 Å². The third-order valence-corrected chi connectivity index (χ3v) is 6.93. The smallest absolute Gasteiger partial charge is 0.267 e. The topological polar surface area (TPSA) is 42.0 Å². The van der Waals surface area contributed by atoms with E-state index in [9.17, 15) is 4.79 Å². The first kappa shape index (κ1) is 17.4. The highest BCUT2D eigenvalue weighted by molar-refractivity contribution is 7.15. The highest BCUT2D eigenvalue weighted by Gasteiger charge is 2.21. The summed E-state index contributed by atoms with van der Waals surface area (Å²) >= 11 is 3.11. The molecule has 1 aliphatic rings. The molecule has 3 aromatic rings. The number of rotatable bonds is 4. The average Bonchev–Trinajstić information content (AvgIpc) is 3.28. The second-order valence-corrected chi connectivity index (χ2v) is 8.94. The van der Waals surface area contributed by atoms with Gasteiger partial charge in [0.25, 0.3) is 5.91 Å². The molecule has 5 heteroatoms. The lowest BCUT2D eigenvalue weighted by molar-refractivity contribution is 0.103. The molecule has 0 saturated heterocycles. The largest absolute Gasteiger partial charge is 0.297 e. The zero-order valence-electron chi connectivity index (χ0n) is 15.0. The number of benzene rings is 1. The molecule has 2 heterocycles. The standard InChI is InChI=1S/C21H22N2OS2/c1-3-14-5-7-15(8-6-14)17-12-25-21(22-17)23-20(24)19-11-16-10-13(2)4-9-18(16)26-19/h5-8,11-13H,3-4,9-10H2,1-2H3,(H,22,23,24)/t13-/m0/s1. The van der Waals surface area contributed by atoms with E-state index >= 15 is 0 Å². The number of hydrogen-bond acceptors (Lipinski definition) is 4. The molecule has 4 rings (SSSR count). The number of aryl methyl sites for hydroxylation is 2. The van der Waals surface area contributed by atoms with Crippen molar-refractivity contribution in [1.29, 1.82) is 0 Å². The lowest BCUT2D eigenvalue weighted by atomic mass is 9.90. The van der Waals surface area contributed by atoms with Crippen molar-refractivity contribution in [2.75, 3.05) is 5.32 Å². The number of thiazole rings is 1. The number of nitrogens with one attached hydrogen (secondary N) is 1. The molecule has 134 valence electrons. The average molecular weight is 383 g/mol. The van der Waals surface area contributed by atoms with E-state index in [1.54, 1.807) is 11.3 Å². The summed E-state index contributed by atoms with van der Waals surface area (Å²) in [6.45, 7) is 4.43. The summed E-state index contributed by atoms with van der Waals surface area (Å²) in [6.07, 6.45) is 4.45. The third kappa shape index (κ3) is 3.60. The molecular weight excluding hydrogens is 360 g/mol. The Balaban J connectivity index is 1.47. The van der Waals surface area contributed by atoms with Crippen LogP contribution in [0.2, 0.25) is 0 Å². The second-order valence-electron chi connectivity index (χ2n) is 6.95. The lowest BCUT2D eigenvalue weighted by Gasteiger charge is -2.16. The Hall–Kier alpha value is -1.98. The van der Waals surface area contributed by atoms with Gasteiger partial charge in [-0.1, -0.05) is 38.1 Å². The molecule has 0 aliphatic heterocycles. The number of nitrogens with zero attached hydrogens (tertiary/aromatic N) is 1. The zero-order valence-corrected chi connectivity index (χ0v) is 16.7. The normalized spacial score (nSPS) is 16.3. The van der Waals surface area contributed by atoms with E-state index in [2.05, 4.69) is 54.5 Å². The van der Waals surface area contributed by atoms with E-state index in [-0.39, 0.29) is 5.91 Å². The van der Waals surface area contributed by atoms with Crippen LogP contribution < -0.4 is 5.32 Å². The van der Waals surface area contributed by atoms with Gasteiger partial charge >= 0.3 is 0 Å². The molecule has 26 heavy (non-hydrogen) atoms. The van der Waals surface area contributed by atoms with Gasteiger partial charge in [-0.2, -0.15) is 0 Å². The van der Waals surface area contributed by atoms with E-state index < -0.39 is 0 Å². The fourth-order valence-corrected chi connectivity index (χ4v) is 5.17. The van der Waals surface area contributed by atoms with Crippen LogP contribution in [0.25, 0.3) is 11.3 Å². The van der Waals surface area contributed by atoms with Crippen LogP contribution in [0.1, 0.15) is 45.9 Å². The van der Waals surface area contributed by atoms with Crippen molar-refractivity contribution in [2.24, 2.45) is 5.92 Å². The maximum absolute atomic E-state index is 12.6. The lowest BCUT2D eigenvalue weighted by Crippen LogP contribution is -2.10. The molecule has 0 spiro atoms. The monoisotopic (exact) mass is 382 g/mol. The van der Waals surface area contributed by atoms with Gasteiger partial charge in [-0.25, -0.2) is 4.98 Å². The van der Waals surface area contributed by atoms with Crippen LogP contribution in [0.3, 0.4) is 0 Å². The molecule has 1 N–H and O–H groups in total. The van der Waals surface area contributed by atoms with Gasteiger partial charge in [0.05, 0.1) is 10.6 Å². The fraction of sp³-hybridized carbons (Fsp3) is 0.333. The van der Waals surface area contributed by atoms with Crippen LogP contribution in [-0.2, 0) is 19.3 Å². The summed E-state index contributed by atoms with van der Waals surface area (Å²) in [5.74, 6) is 0.674. The van der Waals surface area contributed by atoms with Crippen LogP contribution in [0.5, 0.6) is 0 Å². The van der Waals surface area contributed by atoms with Gasteiger partial charge in [0.2, 0.25) is 0 Å². The number of carbonyl (C=O) groups excluding carboxylic acids is 1. The van der Waals surface area contributed by atoms with Crippen molar-refractivity contribution < 1.29 is 4.79 Å². The van der Waals surface area contributed by atoms with Crippen LogP contribution in [0, 0.1) is 5.92 Å². The number of carbonyl (C=O) groups is 1. The Morgan fingerprint density at radius 1 is 1.31 bits per heavy atom. The van der Waals surface area contributed by atoms with Gasteiger partial charge < -0.3 is 0 Å². The molecule has 0 fully saturated rings. The van der Waals surface area contributed by atoms with E-state index in [0.717, 1.165) is 35.4 Å². The summed E-state index contributed by atoms with van der Waals surface area (Å²) in [6, 6.07) is 10.5. The first-order valence-electron chi connectivity index (χ1n) is 9.10. The van der Waals surface area contributed by atoms with Crippen molar-refractivity contribution >= 4 is 33.7 Å². The van der Waals surface area contributed by atoms with Crippen molar-refractivity contribution in [1.82, 2.24) is 4.98 Å². The minimum atomic E-state index is -0.0423. The Kier molecular flexibility index (Phi) is 4.92. The van der Waals surface area contributed by atoms with Gasteiger partial charge in [0, 0.05) is 15.8 Å². The molecule has 0 unspecified atom stereocenters. The first-order valence-corrected chi connectivity index (χ1v) is 10.8. The van der Waals surface area contributed by atoms with Crippen molar-refractivity contribution in [3.63, 3.8) is 0 Å². The number of fused-ring (bicyclic) bond motifs is 1. The maximum Gasteiger partial charge on any atom is 0.267 e. The van der Waals surface area contributed by atoms with E-state index in [4.69, 9.17) is 0 Å². The second kappa shape index (κ2) is 7.33. The Morgan fingerprint density at radius 3 is 2.88 bits per heavy atom. The van der Waals surface area contributed by atoms with E-state index in [1.807, 2.05) is 5.38 Å². The van der Waals surface area contributed by atoms with Gasteiger partial charge in [0.1, 0.15) is 0 Å². The van der Waals surface area contributed by atoms with Gasteiger partial charge in [-0.3, -0.25) is 10.1 Å². The molecule has 0 saturated carbocycles. The van der Waals surface area contributed by atoms with Crippen LogP contribution in [-0.4, -0.2) is 10.9 Å². The number of amides is 1. The predicted molar refractivity (Wildman–Crippen MR) is 110 cm³/mol. The summed E-state index contributed by atoms with van der Waals surface area (Å²) in [5.41, 5.74) is 4.66. The molecule has 1 aliphatic carbocycles. The molecule has 3 nitrogen and oxygen atoms in total. The van der Waals surface area contributed by atoms with Gasteiger partial charge in [-0.05, 0) is 48.8 Å². The first-order chi connectivity index (χ1) is 12.6. The Labute approximate surface area is 162 Å². The predicted octanol–water partition coefficient (Wildman–Crippen LogP) is 5.81. The number of anilines is 1. The van der Waals surface area contributed by atoms with Crippen molar-refractivity contribution in [2.45, 2.75) is 39.5 Å². The van der Waals surface area contributed by atoms with Crippen LogP contribution >= 0.6 is 22.7 Å². The number of hydrogen-bond donors (Lipinski definition) is 1. The number of aromatic nitrogens is 1. The molecule has 1 atom stereocenters. The Bertz CT molecular complexity index is 924. The maximum atomic E-state index is 12.6. The SMILES string of the molecule is CCc1ccc(-c2csc(NC(=O)c3cc4c(s3)CC[C@H](C)C4)n2)cc1. The molecule has 1 amide bonds. The highest BCUT2D eigenvalue weighted by atomic mass is 32.1. The van der Waals surface area contributed by atoms with Gasteiger partial charge in [-0.15, -0.1) is 22.7 Å². The van der Waals surface area contributed by atoms with Crippen molar-refractivity contribution in [3.05, 3.63) is 56.6 Å². The molecule has 2 aromatic heterocycles.